The third-order valence-electron chi connectivity index (χ3n) is 5.70. The third kappa shape index (κ3) is 3.75. The van der Waals surface area contributed by atoms with Crippen LogP contribution < -0.4 is 5.56 Å². The molecule has 28 heavy (non-hydrogen) atoms. The fraction of sp³-hybridized carbons (Fsp3) is 0.455. The summed E-state index contributed by atoms with van der Waals surface area (Å²) < 4.78 is 13.1. The number of aromatic nitrogens is 1. The predicted molar refractivity (Wildman–Crippen MR) is 105 cm³/mol. The van der Waals surface area contributed by atoms with Crippen LogP contribution in [0.4, 0.5) is 0 Å². The molecule has 0 aliphatic carbocycles. The van der Waals surface area contributed by atoms with Crippen LogP contribution in [0.15, 0.2) is 47.4 Å². The minimum absolute atomic E-state index is 0.190. The number of pyridine rings is 1. The number of hydrogen-bond acceptors (Lipinski definition) is 4. The molecule has 0 N–H and O–H groups in total. The molecule has 2 saturated heterocycles. The molecule has 4 rings (SSSR count). The molecule has 0 bridgehead atoms. The maximum Gasteiger partial charge on any atom is 0.263 e. The van der Waals surface area contributed by atoms with E-state index in [0.29, 0.717) is 45.7 Å². The van der Waals surface area contributed by atoms with E-state index in [0.717, 1.165) is 12.0 Å². The zero-order valence-electron chi connectivity index (χ0n) is 16.2. The fourth-order valence-corrected chi connectivity index (χ4v) is 3.99. The molecule has 1 amide bonds. The van der Waals surface area contributed by atoms with Gasteiger partial charge in [0.25, 0.3) is 11.5 Å². The Morgan fingerprint density at radius 2 is 1.75 bits per heavy atom. The van der Waals surface area contributed by atoms with Gasteiger partial charge in [-0.3, -0.25) is 9.59 Å². The van der Waals surface area contributed by atoms with Crippen LogP contribution in [0.1, 0.15) is 34.3 Å². The minimum Gasteiger partial charge on any atom is -0.347 e. The number of aryl methyl sites for hydroxylation is 3. The standard InChI is InChI=1S/C22H26N2O4/c1-17-7-11-23(12-8-18-5-3-2-4-6-18)20(25)19(17)21(26)24-13-9-22(10-14-24)27-15-16-28-22/h2-7,11H,8-10,12-16H2,1H3. The summed E-state index contributed by atoms with van der Waals surface area (Å²) in [4.78, 5) is 27.9. The molecule has 6 heteroatoms. The van der Waals surface area contributed by atoms with Gasteiger partial charge in [-0.2, -0.15) is 0 Å². The first kappa shape index (κ1) is 18.9. The summed E-state index contributed by atoms with van der Waals surface area (Å²) in [6.07, 6.45) is 3.82. The van der Waals surface area contributed by atoms with Crippen LogP contribution >= 0.6 is 0 Å². The van der Waals surface area contributed by atoms with Gasteiger partial charge in [-0.1, -0.05) is 30.3 Å². The van der Waals surface area contributed by atoms with Crippen LogP contribution in [0.5, 0.6) is 0 Å². The van der Waals surface area contributed by atoms with Gasteiger partial charge < -0.3 is 18.9 Å². The lowest BCUT2D eigenvalue weighted by Crippen LogP contribution is -2.48. The van der Waals surface area contributed by atoms with Crippen molar-refractivity contribution in [3.63, 3.8) is 0 Å². The molecule has 2 fully saturated rings. The van der Waals surface area contributed by atoms with E-state index in [1.807, 2.05) is 43.3 Å². The van der Waals surface area contributed by atoms with Gasteiger partial charge in [0.05, 0.1) is 13.2 Å². The molecule has 0 atom stereocenters. The highest BCUT2D eigenvalue weighted by atomic mass is 16.7. The summed E-state index contributed by atoms with van der Waals surface area (Å²) in [6, 6.07) is 11.9. The van der Waals surface area contributed by atoms with Crippen molar-refractivity contribution >= 4 is 5.91 Å². The number of benzene rings is 1. The van der Waals surface area contributed by atoms with Crippen LogP contribution in [0.25, 0.3) is 0 Å². The van der Waals surface area contributed by atoms with Crippen molar-refractivity contribution < 1.29 is 14.3 Å². The van der Waals surface area contributed by atoms with E-state index in [1.165, 1.54) is 5.56 Å². The largest absolute Gasteiger partial charge is 0.347 e. The van der Waals surface area contributed by atoms with Gasteiger partial charge in [0, 0.05) is 38.7 Å². The fourth-order valence-electron chi connectivity index (χ4n) is 3.99. The quantitative estimate of drug-likeness (QED) is 0.815. The molecule has 1 spiro atoms. The maximum absolute atomic E-state index is 13.1. The molecule has 1 aromatic carbocycles. The van der Waals surface area contributed by atoms with Crippen molar-refractivity contribution in [1.29, 1.82) is 0 Å². The Morgan fingerprint density at radius 3 is 2.43 bits per heavy atom. The van der Waals surface area contributed by atoms with Crippen molar-refractivity contribution in [2.24, 2.45) is 0 Å². The van der Waals surface area contributed by atoms with Crippen LogP contribution in [0.2, 0.25) is 0 Å². The Hall–Kier alpha value is -2.44. The van der Waals surface area contributed by atoms with Crippen LogP contribution in [-0.4, -0.2) is 47.5 Å². The van der Waals surface area contributed by atoms with Gasteiger partial charge in [0.1, 0.15) is 5.56 Å². The van der Waals surface area contributed by atoms with Gasteiger partial charge in [-0.15, -0.1) is 0 Å². The zero-order valence-corrected chi connectivity index (χ0v) is 16.2. The van der Waals surface area contributed by atoms with E-state index in [2.05, 4.69) is 0 Å². The smallest absolute Gasteiger partial charge is 0.263 e. The molecular formula is C22H26N2O4. The van der Waals surface area contributed by atoms with Gasteiger partial charge >= 0.3 is 0 Å². The Bertz CT molecular complexity index is 890. The van der Waals surface area contributed by atoms with Crippen molar-refractivity contribution in [2.45, 2.75) is 38.5 Å². The van der Waals surface area contributed by atoms with Gasteiger partial charge in [0.15, 0.2) is 5.79 Å². The topological polar surface area (TPSA) is 60.8 Å². The average Bonchev–Trinajstić information content (AvgIpc) is 3.16. The Morgan fingerprint density at radius 1 is 1.07 bits per heavy atom. The van der Waals surface area contributed by atoms with Crippen molar-refractivity contribution in [3.05, 3.63) is 69.6 Å². The molecule has 2 aromatic rings. The molecule has 6 nitrogen and oxygen atoms in total. The molecule has 0 radical (unpaired) electrons. The molecular weight excluding hydrogens is 356 g/mol. The van der Waals surface area contributed by atoms with Gasteiger partial charge in [0.2, 0.25) is 0 Å². The Labute approximate surface area is 164 Å². The number of carbonyl (C=O) groups excluding carboxylic acids is 1. The second-order valence-electron chi connectivity index (χ2n) is 7.51. The second-order valence-corrected chi connectivity index (χ2v) is 7.51. The summed E-state index contributed by atoms with van der Waals surface area (Å²) in [7, 11) is 0. The number of hydrogen-bond donors (Lipinski definition) is 0. The predicted octanol–water partition coefficient (Wildman–Crippen LogP) is 2.38. The SMILES string of the molecule is Cc1ccn(CCc2ccccc2)c(=O)c1C(=O)N1CCC2(CC1)OCCO2. The molecule has 1 aromatic heterocycles. The minimum atomic E-state index is -0.529. The maximum atomic E-state index is 13.1. The number of piperidine rings is 1. The van der Waals surface area contributed by atoms with Crippen molar-refractivity contribution in [3.8, 4) is 0 Å². The number of rotatable bonds is 4. The third-order valence-corrected chi connectivity index (χ3v) is 5.70. The number of carbonyl (C=O) groups is 1. The highest BCUT2D eigenvalue weighted by Crippen LogP contribution is 2.31. The zero-order chi connectivity index (χ0) is 19.6. The second kappa shape index (κ2) is 7.89. The Balaban J connectivity index is 1.49. The highest BCUT2D eigenvalue weighted by molar-refractivity contribution is 5.95. The molecule has 0 saturated carbocycles. The van der Waals surface area contributed by atoms with E-state index < -0.39 is 5.79 Å². The highest BCUT2D eigenvalue weighted by Gasteiger charge is 2.41. The van der Waals surface area contributed by atoms with Gasteiger partial charge in [-0.05, 0) is 30.5 Å². The average molecular weight is 382 g/mol. The lowest BCUT2D eigenvalue weighted by molar-refractivity contribution is -0.181. The molecule has 2 aliphatic rings. The summed E-state index contributed by atoms with van der Waals surface area (Å²) in [6.45, 7) is 4.67. The Kier molecular flexibility index (Phi) is 5.33. The van der Waals surface area contributed by atoms with E-state index in [4.69, 9.17) is 9.47 Å². The van der Waals surface area contributed by atoms with Gasteiger partial charge in [-0.25, -0.2) is 0 Å². The first-order chi connectivity index (χ1) is 13.6. The van der Waals surface area contributed by atoms with E-state index >= 15 is 0 Å². The summed E-state index contributed by atoms with van der Waals surface area (Å²) in [5, 5.41) is 0. The lowest BCUT2D eigenvalue weighted by Gasteiger charge is -2.37. The van der Waals surface area contributed by atoms with Crippen LogP contribution in [-0.2, 0) is 22.4 Å². The van der Waals surface area contributed by atoms with Crippen LogP contribution in [0, 0.1) is 6.92 Å². The number of nitrogens with zero attached hydrogens (tertiary/aromatic N) is 2. The number of likely N-dealkylation sites (tertiary alicyclic amines) is 1. The lowest BCUT2D eigenvalue weighted by atomic mass is 10.0. The molecule has 0 unspecified atom stereocenters. The van der Waals surface area contributed by atoms with E-state index in [9.17, 15) is 9.59 Å². The first-order valence-electron chi connectivity index (χ1n) is 9.89. The van der Waals surface area contributed by atoms with Crippen molar-refractivity contribution in [1.82, 2.24) is 9.47 Å². The summed E-state index contributed by atoms with van der Waals surface area (Å²) >= 11 is 0. The first-order valence-corrected chi connectivity index (χ1v) is 9.89. The molecule has 148 valence electrons. The van der Waals surface area contributed by atoms with E-state index in [1.54, 1.807) is 15.7 Å². The molecule has 3 heterocycles. The number of ether oxygens (including phenoxy) is 2. The normalized spacial score (nSPS) is 18.5. The summed E-state index contributed by atoms with van der Waals surface area (Å²) in [5.74, 6) is -0.720. The monoisotopic (exact) mass is 382 g/mol. The molecule has 2 aliphatic heterocycles. The number of amides is 1. The summed E-state index contributed by atoms with van der Waals surface area (Å²) in [5.41, 5.74) is 1.95. The van der Waals surface area contributed by atoms with E-state index in [-0.39, 0.29) is 17.0 Å². The van der Waals surface area contributed by atoms with Crippen molar-refractivity contribution in [2.75, 3.05) is 26.3 Å². The van der Waals surface area contributed by atoms with Crippen LogP contribution in [0.3, 0.4) is 0 Å².